The van der Waals surface area contributed by atoms with Crippen LogP contribution in [0, 0.1) is 24.2 Å². The molecule has 0 bridgehead atoms. The van der Waals surface area contributed by atoms with Crippen molar-refractivity contribution in [3.63, 3.8) is 0 Å². The SMILES string of the molecule is Cc1cc(N(CCC#N)CC(C)C)cc(C(=O)O)c1N. The minimum atomic E-state index is -1.03. The van der Waals surface area contributed by atoms with Gasteiger partial charge in [-0.05, 0) is 30.5 Å². The Morgan fingerprint density at radius 2 is 2.15 bits per heavy atom. The summed E-state index contributed by atoms with van der Waals surface area (Å²) in [5, 5.41) is 18.0. The van der Waals surface area contributed by atoms with Gasteiger partial charge in [-0.1, -0.05) is 13.8 Å². The van der Waals surface area contributed by atoms with Crippen molar-refractivity contribution in [2.75, 3.05) is 23.7 Å². The van der Waals surface area contributed by atoms with Gasteiger partial charge in [-0.3, -0.25) is 0 Å². The molecule has 0 radical (unpaired) electrons. The van der Waals surface area contributed by atoms with Crippen LogP contribution in [0.3, 0.4) is 0 Å². The van der Waals surface area contributed by atoms with Gasteiger partial charge in [-0.25, -0.2) is 4.79 Å². The molecule has 5 heteroatoms. The van der Waals surface area contributed by atoms with Gasteiger partial charge < -0.3 is 15.7 Å². The Morgan fingerprint density at radius 3 is 2.65 bits per heavy atom. The van der Waals surface area contributed by atoms with Crippen molar-refractivity contribution in [3.05, 3.63) is 23.3 Å². The Labute approximate surface area is 119 Å². The fraction of sp³-hybridized carbons (Fsp3) is 0.467. The van der Waals surface area contributed by atoms with Crippen LogP contribution in [0.25, 0.3) is 0 Å². The molecule has 0 aliphatic carbocycles. The number of rotatable bonds is 6. The minimum Gasteiger partial charge on any atom is -0.478 e. The van der Waals surface area contributed by atoms with Crippen LogP contribution in [0.15, 0.2) is 12.1 Å². The number of hydrogen-bond acceptors (Lipinski definition) is 4. The predicted molar refractivity (Wildman–Crippen MR) is 79.8 cm³/mol. The molecular formula is C15H21N3O2. The second-order valence-corrected chi connectivity index (χ2v) is 5.28. The third kappa shape index (κ3) is 3.89. The number of carboxylic acid groups (broad SMARTS) is 1. The molecular weight excluding hydrogens is 254 g/mol. The molecule has 0 heterocycles. The van der Waals surface area contributed by atoms with E-state index in [4.69, 9.17) is 11.0 Å². The summed E-state index contributed by atoms with van der Waals surface area (Å²) < 4.78 is 0. The van der Waals surface area contributed by atoms with E-state index >= 15 is 0 Å². The van der Waals surface area contributed by atoms with E-state index in [1.165, 1.54) is 0 Å². The summed E-state index contributed by atoms with van der Waals surface area (Å²) in [6, 6.07) is 5.59. The molecule has 0 aliphatic rings. The van der Waals surface area contributed by atoms with Crippen LogP contribution in [-0.4, -0.2) is 24.2 Å². The predicted octanol–water partition coefficient (Wildman–Crippen LogP) is 2.65. The third-order valence-corrected chi connectivity index (χ3v) is 3.05. The van der Waals surface area contributed by atoms with Gasteiger partial charge in [0.05, 0.1) is 18.1 Å². The number of carbonyl (C=O) groups is 1. The van der Waals surface area contributed by atoms with Crippen molar-refractivity contribution in [2.45, 2.75) is 27.2 Å². The highest BCUT2D eigenvalue weighted by Gasteiger charge is 2.16. The van der Waals surface area contributed by atoms with Crippen LogP contribution in [0.5, 0.6) is 0 Å². The molecule has 0 aliphatic heterocycles. The summed E-state index contributed by atoms with van der Waals surface area (Å²) in [5.74, 6) is -0.614. The van der Waals surface area contributed by atoms with Crippen molar-refractivity contribution >= 4 is 17.3 Å². The van der Waals surface area contributed by atoms with Crippen LogP contribution < -0.4 is 10.6 Å². The number of aryl methyl sites for hydroxylation is 1. The number of benzene rings is 1. The molecule has 0 atom stereocenters. The zero-order valence-corrected chi connectivity index (χ0v) is 12.2. The lowest BCUT2D eigenvalue weighted by atomic mass is 10.1. The first kappa shape index (κ1) is 15.8. The topological polar surface area (TPSA) is 90.3 Å². The third-order valence-electron chi connectivity index (χ3n) is 3.05. The van der Waals surface area contributed by atoms with E-state index in [0.29, 0.717) is 24.6 Å². The minimum absolute atomic E-state index is 0.116. The van der Waals surface area contributed by atoms with E-state index in [9.17, 15) is 9.90 Å². The number of aromatic carboxylic acids is 1. The fourth-order valence-corrected chi connectivity index (χ4v) is 2.09. The van der Waals surface area contributed by atoms with Gasteiger partial charge in [-0.2, -0.15) is 5.26 Å². The van der Waals surface area contributed by atoms with Crippen molar-refractivity contribution < 1.29 is 9.90 Å². The molecule has 0 amide bonds. The molecule has 3 N–H and O–H groups in total. The number of nitrogens with two attached hydrogens (primary N) is 1. The summed E-state index contributed by atoms with van der Waals surface area (Å²) in [6.07, 6.45) is 0.401. The number of nitriles is 1. The lowest BCUT2D eigenvalue weighted by Gasteiger charge is -2.27. The molecule has 20 heavy (non-hydrogen) atoms. The van der Waals surface area contributed by atoms with E-state index < -0.39 is 5.97 Å². The van der Waals surface area contributed by atoms with Gasteiger partial charge >= 0.3 is 5.97 Å². The smallest absolute Gasteiger partial charge is 0.337 e. The number of nitrogens with zero attached hydrogens (tertiary/aromatic N) is 2. The zero-order chi connectivity index (χ0) is 15.3. The summed E-state index contributed by atoms with van der Waals surface area (Å²) >= 11 is 0. The first-order valence-corrected chi connectivity index (χ1v) is 6.62. The first-order chi connectivity index (χ1) is 9.36. The molecule has 0 aromatic heterocycles. The van der Waals surface area contributed by atoms with E-state index in [0.717, 1.165) is 17.8 Å². The highest BCUT2D eigenvalue weighted by atomic mass is 16.4. The molecule has 5 nitrogen and oxygen atoms in total. The van der Waals surface area contributed by atoms with Gasteiger partial charge in [0.2, 0.25) is 0 Å². The maximum atomic E-state index is 11.2. The molecule has 1 aromatic carbocycles. The van der Waals surface area contributed by atoms with Gasteiger partial charge in [0.25, 0.3) is 0 Å². The average molecular weight is 275 g/mol. The van der Waals surface area contributed by atoms with Crippen LogP contribution in [-0.2, 0) is 0 Å². The molecule has 108 valence electrons. The number of hydrogen-bond donors (Lipinski definition) is 2. The second-order valence-electron chi connectivity index (χ2n) is 5.28. The Balaban J connectivity index is 3.19. The second kappa shape index (κ2) is 6.80. The van der Waals surface area contributed by atoms with Crippen LogP contribution in [0.2, 0.25) is 0 Å². The van der Waals surface area contributed by atoms with Gasteiger partial charge in [-0.15, -0.1) is 0 Å². The summed E-state index contributed by atoms with van der Waals surface area (Å²) in [5.41, 5.74) is 7.76. The number of carboxylic acids is 1. The van der Waals surface area contributed by atoms with E-state index in [1.54, 1.807) is 13.0 Å². The van der Waals surface area contributed by atoms with Crippen molar-refractivity contribution in [2.24, 2.45) is 5.92 Å². The lowest BCUT2D eigenvalue weighted by molar-refractivity contribution is 0.0698. The molecule has 0 unspecified atom stereocenters. The van der Waals surface area contributed by atoms with Crippen molar-refractivity contribution in [1.82, 2.24) is 0 Å². The summed E-state index contributed by atoms with van der Waals surface area (Å²) in [4.78, 5) is 13.3. The Hall–Kier alpha value is -2.22. The van der Waals surface area contributed by atoms with E-state index in [-0.39, 0.29) is 5.56 Å². The highest BCUT2D eigenvalue weighted by Crippen LogP contribution is 2.26. The number of nitrogen functional groups attached to an aromatic ring is 1. The maximum absolute atomic E-state index is 11.2. The largest absolute Gasteiger partial charge is 0.478 e. The van der Waals surface area contributed by atoms with Gasteiger partial charge in [0.1, 0.15) is 0 Å². The summed E-state index contributed by atoms with van der Waals surface area (Å²) in [7, 11) is 0. The Bertz CT molecular complexity index is 533. The normalized spacial score (nSPS) is 10.3. The highest BCUT2D eigenvalue weighted by molar-refractivity contribution is 5.95. The zero-order valence-electron chi connectivity index (χ0n) is 12.2. The standard InChI is InChI=1S/C15H21N3O2/c1-10(2)9-18(6-4-5-16)12-7-11(3)14(17)13(8-12)15(19)20/h7-8,10H,4,6,9,17H2,1-3H3,(H,19,20). The van der Waals surface area contributed by atoms with E-state index in [1.807, 2.05) is 11.0 Å². The molecule has 1 rings (SSSR count). The van der Waals surface area contributed by atoms with Gasteiger partial charge in [0, 0.05) is 24.5 Å². The molecule has 0 spiro atoms. The van der Waals surface area contributed by atoms with E-state index in [2.05, 4.69) is 19.9 Å². The van der Waals surface area contributed by atoms with Crippen LogP contribution >= 0.6 is 0 Å². The molecule has 1 aromatic rings. The van der Waals surface area contributed by atoms with Crippen molar-refractivity contribution in [3.8, 4) is 6.07 Å². The van der Waals surface area contributed by atoms with Crippen LogP contribution in [0.1, 0.15) is 36.2 Å². The molecule has 0 saturated heterocycles. The Kier molecular flexibility index (Phi) is 5.39. The quantitative estimate of drug-likeness (QED) is 0.779. The maximum Gasteiger partial charge on any atom is 0.337 e. The Morgan fingerprint density at radius 1 is 1.50 bits per heavy atom. The molecule has 0 fully saturated rings. The first-order valence-electron chi connectivity index (χ1n) is 6.62. The lowest BCUT2D eigenvalue weighted by Crippen LogP contribution is -2.29. The summed E-state index contributed by atoms with van der Waals surface area (Å²) in [6.45, 7) is 7.31. The molecule has 0 saturated carbocycles. The van der Waals surface area contributed by atoms with Crippen molar-refractivity contribution in [1.29, 1.82) is 5.26 Å². The average Bonchev–Trinajstić information content (AvgIpc) is 2.36. The van der Waals surface area contributed by atoms with Crippen LogP contribution in [0.4, 0.5) is 11.4 Å². The fourth-order valence-electron chi connectivity index (χ4n) is 2.09. The van der Waals surface area contributed by atoms with Gasteiger partial charge in [0.15, 0.2) is 0 Å². The monoisotopic (exact) mass is 275 g/mol. The number of anilines is 2.